The Balaban J connectivity index is 3.69. The second-order valence-electron chi connectivity index (χ2n) is 7.93. The first kappa shape index (κ1) is 31.0. The van der Waals surface area contributed by atoms with E-state index in [0.29, 0.717) is 12.8 Å². The van der Waals surface area contributed by atoms with Gasteiger partial charge < -0.3 is 10.2 Å². The molecule has 0 rings (SSSR count). The van der Waals surface area contributed by atoms with Crippen LogP contribution in [0.15, 0.2) is 24.3 Å². The molecule has 0 heterocycles. The average Bonchev–Trinajstić information content (AvgIpc) is 2.84. The zero-order valence-electron chi connectivity index (χ0n) is 20.2. The van der Waals surface area contributed by atoms with E-state index in [1.807, 2.05) is 12.2 Å². The van der Waals surface area contributed by atoms with Crippen LogP contribution in [0.25, 0.3) is 0 Å². The number of aliphatic hydroxyl groups excluding tert-OH is 2. The van der Waals surface area contributed by atoms with Gasteiger partial charge in [-0.05, 0) is 62.5 Å². The summed E-state index contributed by atoms with van der Waals surface area (Å²) in [6, 6.07) is 0. The second kappa shape index (κ2) is 23.1. The smallest absolute Gasteiger partial charge is 0.205 e. The molecule has 4 heteroatoms. The van der Waals surface area contributed by atoms with Gasteiger partial charge in [-0.3, -0.25) is 9.59 Å². The third-order valence-corrected chi connectivity index (χ3v) is 4.86. The monoisotopic (exact) mass is 462 g/mol. The molecular weight excluding hydrogens is 424 g/mol. The molecule has 0 aromatic heterocycles. The first-order valence-electron chi connectivity index (χ1n) is 12.1. The molecule has 0 saturated carbocycles. The number of allylic oxidation sites excluding steroid dienone is 2. The Bertz CT molecular complexity index is 771. The van der Waals surface area contributed by atoms with Crippen molar-refractivity contribution in [1.82, 2.24) is 0 Å². The highest BCUT2D eigenvalue weighted by Crippen LogP contribution is 2.07. The number of ketones is 2. The van der Waals surface area contributed by atoms with E-state index in [9.17, 15) is 19.8 Å². The Morgan fingerprint density at radius 1 is 0.647 bits per heavy atom. The summed E-state index contributed by atoms with van der Waals surface area (Å²) >= 11 is 0. The number of hydrogen-bond acceptors (Lipinski definition) is 4. The number of hydrogen-bond donors (Lipinski definition) is 2. The number of Topliss-reactive ketones (excluding diaryl/α,β-unsaturated/α-hetero) is 2. The molecule has 0 aliphatic carbocycles. The Morgan fingerprint density at radius 2 is 1.03 bits per heavy atom. The van der Waals surface area contributed by atoms with Crippen molar-refractivity contribution in [2.24, 2.45) is 0 Å². The van der Waals surface area contributed by atoms with E-state index in [-0.39, 0.29) is 24.4 Å². The van der Waals surface area contributed by atoms with Crippen LogP contribution in [0.2, 0.25) is 0 Å². The molecule has 34 heavy (non-hydrogen) atoms. The van der Waals surface area contributed by atoms with Crippen molar-refractivity contribution < 1.29 is 19.8 Å². The molecule has 0 radical (unpaired) electrons. The third-order valence-electron chi connectivity index (χ3n) is 4.86. The van der Waals surface area contributed by atoms with Crippen LogP contribution in [0.1, 0.15) is 89.9 Å². The maximum absolute atomic E-state index is 11.8. The number of carbonyl (C=O) groups excluding carboxylic acids is 2. The standard InChI is InChI=1S/C30H38O4/c1-3-27(31)21-17-13-9-5-7-11-15-19-23-29(33)25-26-30(34)24-20-16-12-8-6-10-14-18-22-28(32)4-2/h1-2,17-18,21-22,27-28,31-32H,5-16,25-26H2/b21-17+,22-18+/t27-,28?/m1/s1. The lowest BCUT2D eigenvalue weighted by molar-refractivity contribution is -0.118. The quantitative estimate of drug-likeness (QED) is 0.142. The number of unbranched alkanes of at least 4 members (excludes halogenated alkanes) is 10. The molecule has 2 atom stereocenters. The third kappa shape index (κ3) is 22.2. The van der Waals surface area contributed by atoms with E-state index in [1.54, 1.807) is 12.2 Å². The molecule has 0 aromatic carbocycles. The van der Waals surface area contributed by atoms with Gasteiger partial charge in [-0.2, -0.15) is 0 Å². The fraction of sp³-hybridized carbons (Fsp3) is 0.533. The maximum Gasteiger partial charge on any atom is 0.205 e. The van der Waals surface area contributed by atoms with Crippen LogP contribution in [-0.4, -0.2) is 34.0 Å². The molecule has 0 aromatic rings. The molecule has 0 bridgehead atoms. The minimum Gasteiger partial charge on any atom is -0.377 e. The van der Waals surface area contributed by atoms with Gasteiger partial charge in [0.25, 0.3) is 0 Å². The molecule has 182 valence electrons. The Kier molecular flexibility index (Phi) is 21.1. The van der Waals surface area contributed by atoms with Crippen molar-refractivity contribution in [3.05, 3.63) is 24.3 Å². The van der Waals surface area contributed by atoms with Crippen molar-refractivity contribution >= 4 is 11.6 Å². The lowest BCUT2D eigenvalue weighted by Gasteiger charge is -1.97. The van der Waals surface area contributed by atoms with Gasteiger partial charge in [0, 0.05) is 25.7 Å². The van der Waals surface area contributed by atoms with Gasteiger partial charge in [0.2, 0.25) is 11.6 Å². The van der Waals surface area contributed by atoms with E-state index in [1.165, 1.54) is 0 Å². The summed E-state index contributed by atoms with van der Waals surface area (Å²) < 4.78 is 0. The van der Waals surface area contributed by atoms with Gasteiger partial charge in [0.05, 0.1) is 0 Å². The second-order valence-corrected chi connectivity index (χ2v) is 7.93. The minimum atomic E-state index is -0.799. The van der Waals surface area contributed by atoms with E-state index >= 15 is 0 Å². The SMILES string of the molecule is C#CC(O)/C=C/CCCCCCC#CC(=O)CCC(=O)C#CCCCCCC/C=C/[C@H](O)C#C. The van der Waals surface area contributed by atoms with Gasteiger partial charge >= 0.3 is 0 Å². The summed E-state index contributed by atoms with van der Waals surface area (Å²) in [5.41, 5.74) is 0. The highest BCUT2D eigenvalue weighted by molar-refractivity contribution is 6.01. The van der Waals surface area contributed by atoms with Crippen molar-refractivity contribution in [3.63, 3.8) is 0 Å². The largest absolute Gasteiger partial charge is 0.377 e. The summed E-state index contributed by atoms with van der Waals surface area (Å²) in [6.45, 7) is 0. The van der Waals surface area contributed by atoms with Crippen LogP contribution in [0, 0.1) is 48.4 Å². The molecule has 0 aliphatic rings. The Morgan fingerprint density at radius 3 is 1.41 bits per heavy atom. The van der Waals surface area contributed by atoms with Crippen LogP contribution < -0.4 is 0 Å². The molecule has 0 fully saturated rings. The van der Waals surface area contributed by atoms with E-state index in [4.69, 9.17) is 12.8 Å². The normalized spacial score (nSPS) is 12.1. The van der Waals surface area contributed by atoms with E-state index in [0.717, 1.165) is 64.2 Å². The molecule has 4 nitrogen and oxygen atoms in total. The summed E-state index contributed by atoms with van der Waals surface area (Å²) in [6.07, 6.45) is 27.1. The average molecular weight is 463 g/mol. The van der Waals surface area contributed by atoms with Crippen LogP contribution in [-0.2, 0) is 9.59 Å². The summed E-state index contributed by atoms with van der Waals surface area (Å²) in [5, 5.41) is 18.4. The minimum absolute atomic E-state index is 0.123. The number of rotatable bonds is 17. The van der Waals surface area contributed by atoms with E-state index in [2.05, 4.69) is 35.5 Å². The first-order valence-corrected chi connectivity index (χ1v) is 12.1. The highest BCUT2D eigenvalue weighted by atomic mass is 16.3. The zero-order valence-corrected chi connectivity index (χ0v) is 20.2. The predicted molar refractivity (Wildman–Crippen MR) is 138 cm³/mol. The molecular formula is C30H38O4. The Labute approximate surface area is 206 Å². The topological polar surface area (TPSA) is 74.6 Å². The summed E-state index contributed by atoms with van der Waals surface area (Å²) in [4.78, 5) is 23.5. The molecule has 0 saturated heterocycles. The maximum atomic E-state index is 11.8. The lowest BCUT2D eigenvalue weighted by atomic mass is 10.1. The number of aliphatic hydroxyl groups is 2. The molecule has 0 spiro atoms. The first-order chi connectivity index (χ1) is 16.5. The van der Waals surface area contributed by atoms with Crippen LogP contribution in [0.4, 0.5) is 0 Å². The van der Waals surface area contributed by atoms with Gasteiger partial charge in [-0.15, -0.1) is 12.8 Å². The molecule has 1 unspecified atom stereocenters. The van der Waals surface area contributed by atoms with Crippen molar-refractivity contribution in [2.75, 3.05) is 0 Å². The van der Waals surface area contributed by atoms with Gasteiger partial charge in [-0.25, -0.2) is 0 Å². The van der Waals surface area contributed by atoms with E-state index < -0.39 is 12.2 Å². The van der Waals surface area contributed by atoms with Gasteiger partial charge in [-0.1, -0.05) is 61.5 Å². The summed E-state index contributed by atoms with van der Waals surface area (Å²) in [7, 11) is 0. The van der Waals surface area contributed by atoms with Gasteiger partial charge in [0.15, 0.2) is 0 Å². The number of carbonyl (C=O) groups is 2. The Hall–Kier alpha value is -3.02. The fourth-order valence-electron chi connectivity index (χ4n) is 2.89. The predicted octanol–water partition coefficient (Wildman–Crippen LogP) is 4.69. The molecule has 2 N–H and O–H groups in total. The van der Waals surface area contributed by atoms with Gasteiger partial charge in [0.1, 0.15) is 12.2 Å². The van der Waals surface area contributed by atoms with Crippen LogP contribution in [0.5, 0.6) is 0 Å². The van der Waals surface area contributed by atoms with Crippen molar-refractivity contribution in [1.29, 1.82) is 0 Å². The van der Waals surface area contributed by atoms with Crippen molar-refractivity contribution in [2.45, 2.75) is 102 Å². The number of terminal acetylenes is 2. The summed E-state index contributed by atoms with van der Waals surface area (Å²) in [5.74, 6) is 15.0. The lowest BCUT2D eigenvalue weighted by Crippen LogP contribution is -2.00. The highest BCUT2D eigenvalue weighted by Gasteiger charge is 2.02. The van der Waals surface area contributed by atoms with Crippen molar-refractivity contribution in [3.8, 4) is 48.4 Å². The van der Waals surface area contributed by atoms with Crippen LogP contribution in [0.3, 0.4) is 0 Å². The fourth-order valence-corrected chi connectivity index (χ4v) is 2.89. The van der Waals surface area contributed by atoms with Crippen LogP contribution >= 0.6 is 0 Å². The molecule has 0 aliphatic heterocycles. The zero-order chi connectivity index (χ0) is 25.3. The molecule has 0 amide bonds.